The molecule has 0 saturated carbocycles. The van der Waals surface area contributed by atoms with E-state index in [-0.39, 0.29) is 51.2 Å². The summed E-state index contributed by atoms with van der Waals surface area (Å²) in [4.78, 5) is 2.45. The van der Waals surface area contributed by atoms with Crippen molar-refractivity contribution in [1.82, 2.24) is 9.13 Å². The van der Waals surface area contributed by atoms with Gasteiger partial charge in [0.15, 0.2) is 0 Å². The van der Waals surface area contributed by atoms with Crippen molar-refractivity contribution in [2.75, 3.05) is 10.2 Å². The molecule has 0 aliphatic heterocycles. The van der Waals surface area contributed by atoms with E-state index in [0.717, 1.165) is 50.4 Å². The molecule has 0 saturated heterocycles. The van der Waals surface area contributed by atoms with E-state index in [1.54, 1.807) is 20.8 Å². The predicted octanol–water partition coefficient (Wildman–Crippen LogP) is 27.9. The maximum Gasteiger partial charge on any atom is 1.00 e. The van der Waals surface area contributed by atoms with Gasteiger partial charge in [0.2, 0.25) is 0 Å². The summed E-state index contributed by atoms with van der Waals surface area (Å²) in [7, 11) is 0. The zero-order chi connectivity index (χ0) is 83.2. The maximum absolute atomic E-state index is 10.1. The molecule has 4 aliphatic carbocycles. The van der Waals surface area contributed by atoms with E-state index in [4.69, 9.17) is 11.6 Å². The quantitative estimate of drug-likeness (QED) is 0.147. The van der Waals surface area contributed by atoms with Crippen molar-refractivity contribution in [3.8, 4) is 78.1 Å². The largest absolute Gasteiger partial charge is 1.00 e. The van der Waals surface area contributed by atoms with Gasteiger partial charge in [0.05, 0.1) is 22.1 Å². The summed E-state index contributed by atoms with van der Waals surface area (Å²) in [6.45, 7) is 27.7. The van der Waals surface area contributed by atoms with Gasteiger partial charge in [-0.3, -0.25) is 0 Å². The second kappa shape index (κ2) is 32.2. The molecule has 7 heteroatoms. The molecule has 2 aromatic heterocycles. The Balaban J connectivity index is 0.000000135. The van der Waals surface area contributed by atoms with Gasteiger partial charge in [-0.1, -0.05) is 369 Å². The molecule has 0 unspecified atom stereocenters. The van der Waals surface area contributed by atoms with Crippen molar-refractivity contribution in [3.05, 3.63) is 414 Å². The minimum Gasteiger partial charge on any atom is -0.850 e. The Morgan fingerprint density at radius 1 is 0.289 bits per heavy atom. The number of hydrogen-bond donors (Lipinski definition) is 1. The van der Waals surface area contributed by atoms with Gasteiger partial charge in [0, 0.05) is 99.2 Å². The smallest absolute Gasteiger partial charge is 0.850 e. The van der Waals surface area contributed by atoms with Crippen molar-refractivity contribution >= 4 is 83.6 Å². The molecular formula is C114H100ClN4NaO. The van der Waals surface area contributed by atoms with Crippen LogP contribution in [0.3, 0.4) is 0 Å². The molecule has 2 heterocycles. The average Bonchev–Trinajstić information content (AvgIpc) is 1.54. The number of hydrogen-bond acceptors (Lipinski definition) is 3. The first-order chi connectivity index (χ1) is 58.0. The fourth-order valence-corrected chi connectivity index (χ4v) is 19.6. The summed E-state index contributed by atoms with van der Waals surface area (Å²) in [5, 5.41) is 19.5. The molecule has 5 nitrogen and oxygen atoms in total. The molecule has 4 aliphatic rings. The number of para-hydroxylation sites is 2. The van der Waals surface area contributed by atoms with E-state index in [1.807, 2.05) is 26.0 Å². The number of fused-ring (bicyclic) bond motifs is 20. The van der Waals surface area contributed by atoms with Crippen molar-refractivity contribution in [1.29, 1.82) is 0 Å². The zero-order valence-electron chi connectivity index (χ0n) is 71.8. The summed E-state index contributed by atoms with van der Waals surface area (Å²) in [6.07, 6.45) is 0. The SMILES string of the molecule is CC.CC(C)(C)[O-].CC1(C)c2ccccc2-c2c1ccc1c3ccc(Cl)cc3n(-c3ccccc3)c21.CC1(C)c2ccccc2-c2ccc(N(c3ccc(-c4ccccc4)cc3)c3ccc4c5ccc6c(c5n(-c5ccccc5)c4c3)-c3ccccc3C6(C)C)cc21.CC1(C)c2ccccc2-c2ccc(Nc3ccc(-c4ccccc4)cc3)cc21.[Na+]. The monoisotopic (exact) mass is 1600 g/mol. The Labute approximate surface area is 740 Å². The molecule has 0 amide bonds. The molecule has 16 aromatic carbocycles. The second-order valence-electron chi connectivity index (χ2n) is 35.1. The van der Waals surface area contributed by atoms with Crippen LogP contribution in [0, 0.1) is 0 Å². The molecular weight excluding hydrogens is 1500 g/mol. The topological polar surface area (TPSA) is 48.2 Å². The summed E-state index contributed by atoms with van der Waals surface area (Å²) < 4.78 is 4.90. The van der Waals surface area contributed by atoms with Crippen LogP contribution in [0.15, 0.2) is 364 Å². The van der Waals surface area contributed by atoms with E-state index in [2.05, 4.69) is 427 Å². The van der Waals surface area contributed by atoms with Crippen LogP contribution in [-0.2, 0) is 21.7 Å². The minimum atomic E-state index is -0.750. The van der Waals surface area contributed by atoms with Crippen LogP contribution in [0.5, 0.6) is 0 Å². The van der Waals surface area contributed by atoms with Crippen LogP contribution in [-0.4, -0.2) is 14.7 Å². The van der Waals surface area contributed by atoms with Crippen LogP contribution in [0.25, 0.3) is 122 Å². The first kappa shape index (κ1) is 81.3. The number of halogens is 1. The minimum absolute atomic E-state index is 0. The van der Waals surface area contributed by atoms with Gasteiger partial charge in [-0.15, -0.1) is 5.60 Å². The van der Waals surface area contributed by atoms with Crippen molar-refractivity contribution in [2.45, 2.75) is 117 Å². The Morgan fingerprint density at radius 3 is 1.07 bits per heavy atom. The number of benzene rings is 16. The third kappa shape index (κ3) is 14.4. The van der Waals surface area contributed by atoms with E-state index < -0.39 is 5.60 Å². The Hall–Kier alpha value is -12.0. The normalized spacial score (nSPS) is 13.8. The van der Waals surface area contributed by atoms with Crippen LogP contribution >= 0.6 is 11.6 Å². The third-order valence-corrected chi connectivity index (χ3v) is 25.3. The molecule has 590 valence electrons. The van der Waals surface area contributed by atoms with Crippen molar-refractivity contribution in [2.24, 2.45) is 0 Å². The summed E-state index contributed by atoms with van der Waals surface area (Å²) in [5.74, 6) is 0. The number of anilines is 5. The molecule has 0 atom stereocenters. The molecule has 1 N–H and O–H groups in total. The second-order valence-corrected chi connectivity index (χ2v) is 35.5. The first-order valence-corrected chi connectivity index (χ1v) is 42.7. The Bertz CT molecular complexity index is 6920. The molecule has 0 radical (unpaired) electrons. The van der Waals surface area contributed by atoms with Crippen LogP contribution in [0.4, 0.5) is 28.4 Å². The van der Waals surface area contributed by atoms with E-state index in [0.29, 0.717) is 0 Å². The standard InChI is InChI=1S/C54H42N2.C27H20ClN.C27H23N.C4H9O.C2H6.Na/c1-53(2)47-22-14-12-20-45(47)51-48(53)32-31-44-43-30-28-40(34-50(43)56(52(44)51)37-17-9-6-10-18-37)55(38-25-23-36(24-26-38)35-15-7-5-8-16-35)39-27-29-42-41-19-11-13-21-46(41)54(3,4)49(42)33-39;1-27(2)22-11-7-6-10-21(22)25-23(27)15-14-20-19-13-12-17(28)16-24(19)29(26(20)25)18-8-4-3-5-9-18;1-27(2)25-11-7-6-10-23(25)24-17-16-22(18-26(24)27)28-21-14-12-20(13-15-21)19-8-4-3-5-9-19;1-4(2,3)5;1-2;/h5-34H,1-4H3;3-16H,1-2H3;3-18,28H,1-2H3;1-3H3;1-2H3;/q;;;-1;;+1. The van der Waals surface area contributed by atoms with E-state index in [9.17, 15) is 5.11 Å². The fourth-order valence-electron chi connectivity index (χ4n) is 19.4. The van der Waals surface area contributed by atoms with Gasteiger partial charge < -0.3 is 24.5 Å². The van der Waals surface area contributed by atoms with Gasteiger partial charge in [-0.05, 0) is 197 Å². The Kier molecular flexibility index (Phi) is 21.6. The predicted molar refractivity (Wildman–Crippen MR) is 510 cm³/mol. The number of nitrogens with zero attached hydrogens (tertiary/aromatic N) is 3. The fraction of sp³-hybridized carbons (Fsp3) is 0.158. The number of nitrogens with one attached hydrogen (secondary N) is 1. The van der Waals surface area contributed by atoms with E-state index in [1.165, 1.54) is 149 Å². The average molecular weight is 1600 g/mol. The van der Waals surface area contributed by atoms with Crippen molar-refractivity contribution in [3.63, 3.8) is 0 Å². The van der Waals surface area contributed by atoms with Gasteiger partial charge >= 0.3 is 29.6 Å². The maximum atomic E-state index is 10.1. The van der Waals surface area contributed by atoms with Crippen LogP contribution in [0.2, 0.25) is 5.02 Å². The van der Waals surface area contributed by atoms with Crippen LogP contribution < -0.4 is 44.9 Å². The van der Waals surface area contributed by atoms with Gasteiger partial charge in [0.1, 0.15) is 0 Å². The molecule has 22 rings (SSSR count). The summed E-state index contributed by atoms with van der Waals surface area (Å²) >= 11 is 6.44. The van der Waals surface area contributed by atoms with E-state index >= 15 is 0 Å². The molecule has 0 fully saturated rings. The first-order valence-electron chi connectivity index (χ1n) is 42.3. The number of aromatic nitrogens is 2. The molecule has 18 aromatic rings. The summed E-state index contributed by atoms with van der Waals surface area (Å²) in [6, 6.07) is 132. The summed E-state index contributed by atoms with van der Waals surface area (Å²) in [5.41, 5.74) is 38.6. The molecule has 121 heavy (non-hydrogen) atoms. The molecule has 0 spiro atoms. The van der Waals surface area contributed by atoms with Crippen LogP contribution in [0.1, 0.15) is 135 Å². The van der Waals surface area contributed by atoms with Gasteiger partial charge in [0.25, 0.3) is 0 Å². The van der Waals surface area contributed by atoms with Crippen molar-refractivity contribution < 1.29 is 34.7 Å². The molecule has 0 bridgehead atoms. The third-order valence-electron chi connectivity index (χ3n) is 25.1. The van der Waals surface area contributed by atoms with Gasteiger partial charge in [-0.25, -0.2) is 0 Å². The van der Waals surface area contributed by atoms with Gasteiger partial charge in [-0.2, -0.15) is 0 Å². The zero-order valence-corrected chi connectivity index (χ0v) is 74.5. The number of rotatable bonds is 9. The Morgan fingerprint density at radius 2 is 0.603 bits per heavy atom.